The van der Waals surface area contributed by atoms with Crippen LogP contribution in [0, 0.1) is 0 Å². The van der Waals surface area contributed by atoms with Gasteiger partial charge in [0.15, 0.2) is 6.54 Å². The van der Waals surface area contributed by atoms with Crippen LogP contribution in [-0.4, -0.2) is 45.0 Å². The molecule has 17 heteroatoms. The molecule has 164 valence electrons. The summed E-state index contributed by atoms with van der Waals surface area (Å²) in [5.41, 5.74) is -12.3. The third-order valence-electron chi connectivity index (χ3n) is 2.43. The molecule has 9 nitrogen and oxygen atoms in total. The number of alkyl halides is 6. The molecule has 1 aromatic heterocycles. The first-order chi connectivity index (χ1) is 12.4. The predicted molar refractivity (Wildman–Crippen MR) is 79.9 cm³/mol. The van der Waals surface area contributed by atoms with Gasteiger partial charge in [0.25, 0.3) is 0 Å². The lowest BCUT2D eigenvalue weighted by Crippen LogP contribution is -2.45. The topological polar surface area (TPSA) is 115 Å². The minimum atomic E-state index is -6.60. The molecule has 0 fully saturated rings. The zero-order valence-electron chi connectivity index (χ0n) is 14.3. The molecule has 1 N–H and O–H groups in total. The SMILES string of the molecule is CCCOC(=O)Cn1cc[n+](C)c1.O=S(=O)(NS(=O)(=O)C(F)(F)F)C(F)(F)F. The summed E-state index contributed by atoms with van der Waals surface area (Å²) in [5.74, 6) is -0.182. The first-order valence-electron chi connectivity index (χ1n) is 7.00. The molecular formula is C11H16F6N3O6S2+. The molecule has 1 heterocycles. The van der Waals surface area contributed by atoms with E-state index in [-0.39, 0.29) is 5.97 Å². The van der Waals surface area contributed by atoms with Gasteiger partial charge in [-0.1, -0.05) is 11.1 Å². The van der Waals surface area contributed by atoms with Gasteiger partial charge in [-0.3, -0.25) is 0 Å². The van der Waals surface area contributed by atoms with Crippen molar-refractivity contribution in [3.63, 3.8) is 0 Å². The van der Waals surface area contributed by atoms with E-state index in [0.717, 1.165) is 6.42 Å². The summed E-state index contributed by atoms with van der Waals surface area (Å²) < 4.78 is 117. The lowest BCUT2D eigenvalue weighted by molar-refractivity contribution is -0.671. The maximum atomic E-state index is 11.5. The van der Waals surface area contributed by atoms with Gasteiger partial charge in [-0.25, -0.2) is 30.8 Å². The Morgan fingerprint density at radius 1 is 1.07 bits per heavy atom. The first kappa shape index (κ1) is 26.1. The zero-order chi connectivity index (χ0) is 22.4. The van der Waals surface area contributed by atoms with Crippen molar-refractivity contribution in [3.05, 3.63) is 18.7 Å². The minimum absolute atomic E-state index is 0.182. The number of ether oxygens (including phenoxy) is 1. The second kappa shape index (κ2) is 9.55. The number of rotatable bonds is 6. The standard InChI is InChI=1S/C9H15N2O2.C2HF6NO4S2/c1-3-6-13-9(12)7-11-5-4-10(2)8-11;3-1(4,5)14(10,11)9-15(12,13)2(6,7)8/h4-5,8H,3,6-7H2,1-2H3;9H/q+1;. The molecule has 28 heavy (non-hydrogen) atoms. The molecule has 0 atom stereocenters. The molecule has 0 saturated heterocycles. The zero-order valence-corrected chi connectivity index (χ0v) is 15.9. The van der Waals surface area contributed by atoms with Crippen LogP contribution in [0.3, 0.4) is 0 Å². The highest BCUT2D eigenvalue weighted by Gasteiger charge is 2.55. The lowest BCUT2D eigenvalue weighted by atomic mass is 10.5. The second-order valence-corrected chi connectivity index (χ2v) is 8.56. The van der Waals surface area contributed by atoms with Gasteiger partial charge < -0.3 is 4.74 Å². The molecule has 0 aliphatic rings. The number of hydrogen-bond donors (Lipinski definition) is 1. The summed E-state index contributed by atoms with van der Waals surface area (Å²) in [7, 11) is -11.3. The molecule has 0 radical (unpaired) electrons. The van der Waals surface area contributed by atoms with Gasteiger partial charge in [-0.15, -0.1) is 0 Å². The predicted octanol–water partition coefficient (Wildman–Crippen LogP) is 0.541. The van der Waals surface area contributed by atoms with Crippen molar-refractivity contribution in [1.29, 1.82) is 0 Å². The third-order valence-corrected chi connectivity index (χ3v) is 5.41. The molecule has 0 amide bonds. The summed E-state index contributed by atoms with van der Waals surface area (Å²) in [6.07, 6.45) is 6.43. The quantitative estimate of drug-likeness (QED) is 0.373. The smallest absolute Gasteiger partial charge is 0.463 e. The normalized spacial score (nSPS) is 12.9. The molecule has 0 aliphatic carbocycles. The van der Waals surface area contributed by atoms with Crippen molar-refractivity contribution in [2.45, 2.75) is 30.9 Å². The highest BCUT2D eigenvalue weighted by molar-refractivity contribution is 8.05. The van der Waals surface area contributed by atoms with E-state index in [4.69, 9.17) is 4.74 Å². The highest BCUT2D eigenvalue weighted by atomic mass is 32.3. The number of nitrogens with zero attached hydrogens (tertiary/aromatic N) is 2. The Bertz CT molecular complexity index is 818. The number of aromatic nitrogens is 2. The van der Waals surface area contributed by atoms with Crippen LogP contribution in [-0.2, 0) is 43.2 Å². The number of halogens is 6. The van der Waals surface area contributed by atoms with Crippen LogP contribution in [0.15, 0.2) is 18.7 Å². The van der Waals surface area contributed by atoms with Crippen LogP contribution in [0.5, 0.6) is 0 Å². The van der Waals surface area contributed by atoms with Crippen molar-refractivity contribution in [2.24, 2.45) is 7.05 Å². The molecular weight excluding hydrogens is 448 g/mol. The summed E-state index contributed by atoms with van der Waals surface area (Å²) in [6.45, 7) is 2.77. The van der Waals surface area contributed by atoms with Crippen LogP contribution >= 0.6 is 0 Å². The van der Waals surface area contributed by atoms with Gasteiger partial charge in [-0.2, -0.15) is 26.3 Å². The minimum Gasteiger partial charge on any atom is -0.463 e. The second-order valence-electron chi connectivity index (χ2n) is 4.95. The van der Waals surface area contributed by atoms with Gasteiger partial charge in [0.2, 0.25) is 6.33 Å². The highest BCUT2D eigenvalue weighted by Crippen LogP contribution is 2.27. The molecule has 0 spiro atoms. The number of imidazole rings is 1. The average molecular weight is 464 g/mol. The number of esters is 1. The van der Waals surface area contributed by atoms with Crippen molar-refractivity contribution in [3.8, 4) is 0 Å². The van der Waals surface area contributed by atoms with E-state index in [9.17, 15) is 48.0 Å². The van der Waals surface area contributed by atoms with E-state index in [1.807, 2.05) is 37.3 Å². The Hall–Kier alpha value is -1.88. The lowest BCUT2D eigenvalue weighted by Gasteiger charge is -2.11. The number of carbonyl (C=O) groups excluding carboxylic acids is 1. The van der Waals surface area contributed by atoms with Crippen molar-refractivity contribution in [2.75, 3.05) is 6.61 Å². The maximum absolute atomic E-state index is 11.5. The van der Waals surface area contributed by atoms with E-state index >= 15 is 0 Å². The van der Waals surface area contributed by atoms with Gasteiger partial charge >= 0.3 is 37.0 Å². The van der Waals surface area contributed by atoms with Crippen LogP contribution < -0.4 is 8.69 Å². The molecule has 1 rings (SSSR count). The first-order valence-corrected chi connectivity index (χ1v) is 9.97. The fraction of sp³-hybridized carbons (Fsp3) is 0.636. The van der Waals surface area contributed by atoms with Crippen LogP contribution in [0.4, 0.5) is 26.3 Å². The Kier molecular flexibility index (Phi) is 8.91. The fourth-order valence-corrected chi connectivity index (χ4v) is 3.16. The summed E-state index contributed by atoms with van der Waals surface area (Å²) in [4.78, 5) is 11.1. The van der Waals surface area contributed by atoms with Crippen LogP contribution in [0.25, 0.3) is 0 Å². The molecule has 0 aromatic carbocycles. The van der Waals surface area contributed by atoms with Gasteiger partial charge in [-0.05, 0) is 6.42 Å². The van der Waals surface area contributed by atoms with Crippen LogP contribution in [0.2, 0.25) is 0 Å². The van der Waals surface area contributed by atoms with Crippen molar-refractivity contribution in [1.82, 2.24) is 8.69 Å². The van der Waals surface area contributed by atoms with E-state index in [2.05, 4.69) is 0 Å². The molecule has 0 unspecified atom stereocenters. The van der Waals surface area contributed by atoms with E-state index in [1.54, 1.807) is 4.57 Å². The number of aryl methyl sites for hydroxylation is 1. The Labute approximate surface area is 156 Å². The summed E-state index contributed by atoms with van der Waals surface area (Å²) in [6, 6.07) is 0. The maximum Gasteiger partial charge on any atom is 0.512 e. The van der Waals surface area contributed by atoms with Crippen molar-refractivity contribution >= 4 is 26.0 Å². The van der Waals surface area contributed by atoms with Gasteiger partial charge in [0.05, 0.1) is 13.7 Å². The Morgan fingerprint density at radius 3 is 1.86 bits per heavy atom. The number of nitrogens with one attached hydrogen (secondary N) is 1. The Balaban J connectivity index is 0.000000525. The number of hydrogen-bond acceptors (Lipinski definition) is 6. The third kappa shape index (κ3) is 8.42. The Morgan fingerprint density at radius 2 is 1.54 bits per heavy atom. The number of carbonyl (C=O) groups is 1. The van der Waals surface area contributed by atoms with E-state index < -0.39 is 35.2 Å². The van der Waals surface area contributed by atoms with Gasteiger partial charge in [0, 0.05) is 0 Å². The van der Waals surface area contributed by atoms with Crippen molar-refractivity contribution < 1.29 is 57.3 Å². The van der Waals surface area contributed by atoms with E-state index in [1.165, 1.54) is 0 Å². The van der Waals surface area contributed by atoms with E-state index in [0.29, 0.717) is 13.2 Å². The van der Waals surface area contributed by atoms with Crippen LogP contribution in [0.1, 0.15) is 13.3 Å². The monoisotopic (exact) mass is 464 g/mol. The van der Waals surface area contributed by atoms with Gasteiger partial charge in [0.1, 0.15) is 12.4 Å². The molecule has 0 bridgehead atoms. The fourth-order valence-electron chi connectivity index (χ4n) is 1.24. The molecule has 0 aliphatic heterocycles. The molecule has 1 aromatic rings. The largest absolute Gasteiger partial charge is 0.512 e. The number of sulfonamides is 2. The average Bonchev–Trinajstić information content (AvgIpc) is 2.87. The summed E-state index contributed by atoms with van der Waals surface area (Å²) in [5, 5.41) is 0. The molecule has 0 saturated carbocycles. The summed E-state index contributed by atoms with van der Waals surface area (Å²) >= 11 is 0.